The minimum atomic E-state index is -0.0521. The van der Waals surface area contributed by atoms with Gasteiger partial charge in [0.15, 0.2) is 0 Å². The van der Waals surface area contributed by atoms with Crippen LogP contribution in [-0.2, 0) is 4.79 Å². The molecule has 0 saturated carbocycles. The molecule has 1 aromatic carbocycles. The van der Waals surface area contributed by atoms with Crippen LogP contribution < -0.4 is 5.32 Å². The second-order valence-electron chi connectivity index (χ2n) is 6.82. The molecule has 1 aliphatic rings. The number of amides is 3. The Labute approximate surface area is 145 Å². The Morgan fingerprint density at radius 3 is 2.54 bits per heavy atom. The number of nitrogens with zero attached hydrogens (tertiary/aromatic N) is 2. The van der Waals surface area contributed by atoms with Crippen LogP contribution in [0.2, 0.25) is 0 Å². The predicted octanol–water partition coefficient (Wildman–Crippen LogP) is 2.96. The number of urea groups is 1. The molecular formula is C19H29N3O2. The van der Waals surface area contributed by atoms with Crippen molar-refractivity contribution in [2.45, 2.75) is 39.7 Å². The SMILES string of the molecule is CC[C@@H](NC(=O)N(C)C[C@@H]1CCN(C(C)=O)C1)c1ccc(C)cc1. The van der Waals surface area contributed by atoms with Gasteiger partial charge in [-0.3, -0.25) is 4.79 Å². The molecule has 1 fully saturated rings. The van der Waals surface area contributed by atoms with Crippen LogP contribution in [0.25, 0.3) is 0 Å². The lowest BCUT2D eigenvalue weighted by atomic mass is 10.0. The lowest BCUT2D eigenvalue weighted by molar-refractivity contribution is -0.127. The number of benzene rings is 1. The van der Waals surface area contributed by atoms with Gasteiger partial charge in [0.25, 0.3) is 0 Å². The quantitative estimate of drug-likeness (QED) is 0.902. The van der Waals surface area contributed by atoms with Gasteiger partial charge in [0.1, 0.15) is 0 Å². The highest BCUT2D eigenvalue weighted by molar-refractivity contribution is 5.75. The fourth-order valence-electron chi connectivity index (χ4n) is 3.22. The van der Waals surface area contributed by atoms with Gasteiger partial charge in [0, 0.05) is 33.6 Å². The monoisotopic (exact) mass is 331 g/mol. The van der Waals surface area contributed by atoms with Crippen molar-refractivity contribution in [1.29, 1.82) is 0 Å². The Morgan fingerprint density at radius 1 is 1.33 bits per heavy atom. The second kappa shape index (κ2) is 8.18. The van der Waals surface area contributed by atoms with Crippen molar-refractivity contribution in [3.63, 3.8) is 0 Å². The average Bonchev–Trinajstić information content (AvgIpc) is 3.02. The molecule has 0 aromatic heterocycles. The Morgan fingerprint density at radius 2 is 2.00 bits per heavy atom. The van der Waals surface area contributed by atoms with Crippen LogP contribution in [0.5, 0.6) is 0 Å². The standard InChI is InChI=1S/C19H29N3O2/c1-5-18(17-8-6-14(2)7-9-17)20-19(24)21(4)12-16-10-11-22(13-16)15(3)23/h6-9,16,18H,5,10-13H2,1-4H3,(H,20,24)/t16-,18+/m0/s1. The molecule has 2 rings (SSSR count). The first kappa shape index (κ1) is 18.3. The topological polar surface area (TPSA) is 52.7 Å². The first-order chi connectivity index (χ1) is 11.4. The molecule has 24 heavy (non-hydrogen) atoms. The van der Waals surface area contributed by atoms with Crippen molar-refractivity contribution >= 4 is 11.9 Å². The molecule has 1 N–H and O–H groups in total. The zero-order valence-corrected chi connectivity index (χ0v) is 15.2. The molecule has 2 atom stereocenters. The van der Waals surface area contributed by atoms with E-state index in [1.54, 1.807) is 11.8 Å². The van der Waals surface area contributed by atoms with E-state index in [0.29, 0.717) is 12.5 Å². The van der Waals surface area contributed by atoms with E-state index in [2.05, 4.69) is 43.4 Å². The number of carbonyl (C=O) groups is 2. The summed E-state index contributed by atoms with van der Waals surface area (Å²) in [5.74, 6) is 0.485. The maximum absolute atomic E-state index is 12.5. The van der Waals surface area contributed by atoms with E-state index in [1.165, 1.54) is 5.56 Å². The van der Waals surface area contributed by atoms with E-state index in [1.807, 2.05) is 11.9 Å². The van der Waals surface area contributed by atoms with Crippen molar-refractivity contribution < 1.29 is 9.59 Å². The first-order valence-electron chi connectivity index (χ1n) is 8.74. The van der Waals surface area contributed by atoms with Gasteiger partial charge in [-0.1, -0.05) is 36.8 Å². The van der Waals surface area contributed by atoms with Crippen LogP contribution in [0.15, 0.2) is 24.3 Å². The van der Waals surface area contributed by atoms with Gasteiger partial charge in [-0.05, 0) is 31.2 Å². The van der Waals surface area contributed by atoms with E-state index in [0.717, 1.165) is 31.5 Å². The molecule has 5 nitrogen and oxygen atoms in total. The summed E-state index contributed by atoms with van der Waals surface area (Å²) in [6, 6.07) is 8.27. The maximum atomic E-state index is 12.5. The van der Waals surface area contributed by atoms with E-state index in [9.17, 15) is 9.59 Å². The molecule has 0 radical (unpaired) electrons. The predicted molar refractivity (Wildman–Crippen MR) is 95.7 cm³/mol. The fourth-order valence-corrected chi connectivity index (χ4v) is 3.22. The third kappa shape index (κ3) is 4.73. The van der Waals surface area contributed by atoms with Crippen molar-refractivity contribution in [2.75, 3.05) is 26.7 Å². The fraction of sp³-hybridized carbons (Fsp3) is 0.579. The Hall–Kier alpha value is -2.04. The van der Waals surface area contributed by atoms with Gasteiger partial charge in [-0.2, -0.15) is 0 Å². The molecular weight excluding hydrogens is 302 g/mol. The number of hydrogen-bond donors (Lipinski definition) is 1. The van der Waals surface area contributed by atoms with Crippen molar-refractivity contribution in [2.24, 2.45) is 5.92 Å². The summed E-state index contributed by atoms with van der Waals surface area (Å²) in [6.45, 7) is 7.97. The third-order valence-corrected chi connectivity index (χ3v) is 4.80. The Bertz CT molecular complexity index is 570. The van der Waals surface area contributed by atoms with Gasteiger partial charge in [0.2, 0.25) is 5.91 Å². The van der Waals surface area contributed by atoms with Crippen LogP contribution in [0.4, 0.5) is 4.79 Å². The molecule has 0 bridgehead atoms. The third-order valence-electron chi connectivity index (χ3n) is 4.80. The van der Waals surface area contributed by atoms with Crippen molar-refractivity contribution in [1.82, 2.24) is 15.1 Å². The number of likely N-dealkylation sites (tertiary alicyclic amines) is 1. The molecule has 132 valence electrons. The molecule has 1 saturated heterocycles. The van der Waals surface area contributed by atoms with Crippen LogP contribution in [0.3, 0.4) is 0 Å². The van der Waals surface area contributed by atoms with E-state index in [-0.39, 0.29) is 18.0 Å². The summed E-state index contributed by atoms with van der Waals surface area (Å²) in [5, 5.41) is 3.12. The average molecular weight is 331 g/mol. The number of nitrogens with one attached hydrogen (secondary N) is 1. The minimum absolute atomic E-state index is 0.0258. The molecule has 5 heteroatoms. The van der Waals surface area contributed by atoms with Crippen molar-refractivity contribution in [3.8, 4) is 0 Å². The maximum Gasteiger partial charge on any atom is 0.317 e. The number of aryl methyl sites for hydroxylation is 1. The number of hydrogen-bond acceptors (Lipinski definition) is 2. The first-order valence-corrected chi connectivity index (χ1v) is 8.74. The highest BCUT2D eigenvalue weighted by Gasteiger charge is 2.26. The van der Waals surface area contributed by atoms with Crippen LogP contribution in [-0.4, -0.2) is 48.4 Å². The summed E-state index contributed by atoms with van der Waals surface area (Å²) in [5.41, 5.74) is 2.35. The van der Waals surface area contributed by atoms with Crippen LogP contribution in [0, 0.1) is 12.8 Å². The lowest BCUT2D eigenvalue weighted by Crippen LogP contribution is -2.42. The van der Waals surface area contributed by atoms with Gasteiger partial charge >= 0.3 is 6.03 Å². The summed E-state index contributed by atoms with van der Waals surface area (Å²) in [6.07, 6.45) is 1.82. The van der Waals surface area contributed by atoms with Gasteiger partial charge in [-0.25, -0.2) is 4.79 Å². The summed E-state index contributed by atoms with van der Waals surface area (Å²) < 4.78 is 0. The molecule has 0 aliphatic carbocycles. The van der Waals surface area contributed by atoms with E-state index >= 15 is 0 Å². The number of rotatable bonds is 5. The highest BCUT2D eigenvalue weighted by Crippen LogP contribution is 2.19. The summed E-state index contributed by atoms with van der Waals surface area (Å²) >= 11 is 0. The van der Waals surface area contributed by atoms with Crippen LogP contribution >= 0.6 is 0 Å². The van der Waals surface area contributed by atoms with Crippen LogP contribution in [0.1, 0.15) is 43.9 Å². The van der Waals surface area contributed by atoms with Gasteiger partial charge in [0.05, 0.1) is 6.04 Å². The van der Waals surface area contributed by atoms with E-state index < -0.39 is 0 Å². The Balaban J connectivity index is 1.88. The zero-order valence-electron chi connectivity index (χ0n) is 15.2. The number of carbonyl (C=O) groups excluding carboxylic acids is 2. The molecule has 0 spiro atoms. The molecule has 0 unspecified atom stereocenters. The second-order valence-corrected chi connectivity index (χ2v) is 6.82. The van der Waals surface area contributed by atoms with Crippen molar-refractivity contribution in [3.05, 3.63) is 35.4 Å². The van der Waals surface area contributed by atoms with Gasteiger partial charge < -0.3 is 15.1 Å². The summed E-state index contributed by atoms with van der Waals surface area (Å²) in [7, 11) is 1.83. The molecule has 1 aliphatic heterocycles. The smallest absolute Gasteiger partial charge is 0.317 e. The molecule has 1 aromatic rings. The summed E-state index contributed by atoms with van der Waals surface area (Å²) in [4.78, 5) is 27.5. The van der Waals surface area contributed by atoms with E-state index in [4.69, 9.17) is 0 Å². The van der Waals surface area contributed by atoms with Gasteiger partial charge in [-0.15, -0.1) is 0 Å². The largest absolute Gasteiger partial charge is 0.343 e. The zero-order chi connectivity index (χ0) is 17.7. The highest BCUT2D eigenvalue weighted by atomic mass is 16.2. The normalized spacial score (nSPS) is 18.3. The minimum Gasteiger partial charge on any atom is -0.343 e. The Kier molecular flexibility index (Phi) is 6.23. The molecule has 1 heterocycles. The lowest BCUT2D eigenvalue weighted by Gasteiger charge is -2.25. The molecule has 3 amide bonds.